The summed E-state index contributed by atoms with van der Waals surface area (Å²) < 4.78 is 10.3. The van der Waals surface area contributed by atoms with Crippen molar-refractivity contribution in [1.29, 1.82) is 0 Å². The quantitative estimate of drug-likeness (QED) is 0.420. The Morgan fingerprint density at radius 2 is 1.93 bits per heavy atom. The van der Waals surface area contributed by atoms with Crippen molar-refractivity contribution in [3.8, 4) is 0 Å². The van der Waals surface area contributed by atoms with Gasteiger partial charge in [0.25, 0.3) is 11.8 Å². The predicted molar refractivity (Wildman–Crippen MR) is 112 cm³/mol. The minimum Gasteiger partial charge on any atom is -0.375 e. The second-order valence-corrected chi connectivity index (χ2v) is 6.47. The molecule has 0 atom stereocenters. The molecule has 8 nitrogen and oxygen atoms in total. The maximum atomic E-state index is 12.2. The van der Waals surface area contributed by atoms with E-state index in [2.05, 4.69) is 15.8 Å². The van der Waals surface area contributed by atoms with Gasteiger partial charge in [-0.05, 0) is 23.3 Å². The summed E-state index contributed by atoms with van der Waals surface area (Å²) in [5.74, 6) is -1.44. The van der Waals surface area contributed by atoms with Crippen molar-refractivity contribution in [2.75, 3.05) is 25.0 Å². The van der Waals surface area contributed by atoms with Gasteiger partial charge in [0.2, 0.25) is 5.76 Å². The molecule has 1 aromatic heterocycles. The van der Waals surface area contributed by atoms with Crippen LogP contribution in [0.1, 0.15) is 32.2 Å². The van der Waals surface area contributed by atoms with Crippen molar-refractivity contribution in [3.05, 3.63) is 89.7 Å². The number of primary amides is 1. The molecule has 0 aliphatic carbocycles. The summed E-state index contributed by atoms with van der Waals surface area (Å²) in [5, 5.41) is 9.54. The zero-order valence-electron chi connectivity index (χ0n) is 16.3. The number of anilines is 1. The topological polar surface area (TPSA) is 119 Å². The van der Waals surface area contributed by atoms with Gasteiger partial charge in [0, 0.05) is 31.3 Å². The van der Waals surface area contributed by atoms with Gasteiger partial charge in [0.1, 0.15) is 0 Å². The van der Waals surface area contributed by atoms with E-state index in [0.29, 0.717) is 25.4 Å². The maximum Gasteiger partial charge on any atom is 0.287 e. The van der Waals surface area contributed by atoms with Crippen LogP contribution in [-0.2, 0) is 11.3 Å². The number of nitrogens with one attached hydrogen (secondary N) is 2. The Bertz CT molecular complexity index is 972. The number of rotatable bonds is 11. The van der Waals surface area contributed by atoms with Crippen LogP contribution in [0.3, 0.4) is 0 Å². The van der Waals surface area contributed by atoms with Crippen LogP contribution in [0, 0.1) is 6.42 Å². The van der Waals surface area contributed by atoms with Gasteiger partial charge in [0.15, 0.2) is 5.69 Å². The summed E-state index contributed by atoms with van der Waals surface area (Å²) in [6, 6.07) is 18.6. The highest BCUT2D eigenvalue weighted by molar-refractivity contribution is 6.04. The van der Waals surface area contributed by atoms with Crippen molar-refractivity contribution in [2.45, 2.75) is 6.61 Å². The summed E-state index contributed by atoms with van der Waals surface area (Å²) in [7, 11) is 0. The van der Waals surface area contributed by atoms with Crippen LogP contribution in [0.25, 0.3) is 0 Å². The molecule has 0 spiro atoms. The van der Waals surface area contributed by atoms with E-state index >= 15 is 0 Å². The zero-order chi connectivity index (χ0) is 21.2. The number of amides is 2. The molecule has 0 saturated carbocycles. The molecule has 30 heavy (non-hydrogen) atoms. The van der Waals surface area contributed by atoms with E-state index in [1.54, 1.807) is 6.07 Å². The number of hydrogen-bond acceptors (Lipinski definition) is 6. The number of nitrogens with zero attached hydrogens (tertiary/aromatic N) is 1. The number of hydrogen-bond donors (Lipinski definition) is 3. The van der Waals surface area contributed by atoms with Crippen LogP contribution >= 0.6 is 0 Å². The predicted octanol–water partition coefficient (Wildman–Crippen LogP) is 2.38. The van der Waals surface area contributed by atoms with Gasteiger partial charge < -0.3 is 25.6 Å². The second-order valence-electron chi connectivity index (χ2n) is 6.47. The zero-order valence-corrected chi connectivity index (χ0v) is 16.3. The minimum atomic E-state index is -0.781. The van der Waals surface area contributed by atoms with Crippen LogP contribution in [0.5, 0.6) is 0 Å². The molecular formula is C22H23N4O4. The maximum absolute atomic E-state index is 12.2. The lowest BCUT2D eigenvalue weighted by molar-refractivity contribution is 0.0960. The SMILES string of the molecule is NC(=O)c1cc(C(=O)Nc2cccc([CH]CNCCOCc3ccccc3)c2)no1. The first-order chi connectivity index (χ1) is 14.6. The smallest absolute Gasteiger partial charge is 0.287 e. The number of ether oxygens (including phenoxy) is 1. The molecule has 4 N–H and O–H groups in total. The molecule has 0 bridgehead atoms. The second kappa shape index (κ2) is 10.9. The molecule has 3 aromatic rings. The molecule has 0 aliphatic heterocycles. The van der Waals surface area contributed by atoms with Gasteiger partial charge in [-0.25, -0.2) is 0 Å². The first-order valence-electron chi connectivity index (χ1n) is 9.45. The number of carbonyl (C=O) groups excluding carboxylic acids is 2. The highest BCUT2D eigenvalue weighted by Crippen LogP contribution is 2.14. The molecule has 1 radical (unpaired) electrons. The fraction of sp³-hybridized carbons (Fsp3) is 0.182. The van der Waals surface area contributed by atoms with Crippen molar-refractivity contribution < 1.29 is 18.8 Å². The van der Waals surface area contributed by atoms with Crippen LogP contribution < -0.4 is 16.4 Å². The Balaban J connectivity index is 1.37. The lowest BCUT2D eigenvalue weighted by atomic mass is 10.1. The Morgan fingerprint density at radius 3 is 2.70 bits per heavy atom. The van der Waals surface area contributed by atoms with Crippen molar-refractivity contribution in [2.24, 2.45) is 5.73 Å². The van der Waals surface area contributed by atoms with Gasteiger partial charge in [-0.3, -0.25) is 9.59 Å². The number of carbonyl (C=O) groups is 2. The molecule has 0 fully saturated rings. The highest BCUT2D eigenvalue weighted by atomic mass is 16.5. The van der Waals surface area contributed by atoms with Crippen molar-refractivity contribution >= 4 is 17.5 Å². The van der Waals surface area contributed by atoms with Gasteiger partial charge in [0.05, 0.1) is 13.2 Å². The van der Waals surface area contributed by atoms with Crippen LogP contribution in [-0.4, -0.2) is 36.7 Å². The standard InChI is InChI=1S/C22H23N4O4/c23-21(27)20-14-19(26-30-20)22(28)25-18-8-4-7-16(13-18)9-10-24-11-12-29-15-17-5-2-1-3-6-17/h1-9,13-14,24H,10-12,15H2,(H2,23,27)(H,25,28). The third-order valence-corrected chi connectivity index (χ3v) is 4.15. The third kappa shape index (κ3) is 6.54. The summed E-state index contributed by atoms with van der Waals surface area (Å²) in [5.41, 5.74) is 7.77. The van der Waals surface area contributed by atoms with Crippen LogP contribution in [0.4, 0.5) is 5.69 Å². The van der Waals surface area contributed by atoms with E-state index in [1.807, 2.05) is 55.0 Å². The molecular weight excluding hydrogens is 384 g/mol. The van der Waals surface area contributed by atoms with E-state index in [9.17, 15) is 9.59 Å². The molecule has 0 unspecified atom stereocenters. The molecule has 2 amide bonds. The van der Waals surface area contributed by atoms with E-state index in [1.165, 1.54) is 6.07 Å². The molecule has 155 valence electrons. The first-order valence-corrected chi connectivity index (χ1v) is 9.45. The number of benzene rings is 2. The summed E-state index contributed by atoms with van der Waals surface area (Å²) in [4.78, 5) is 23.2. The Kier molecular flexibility index (Phi) is 7.71. The van der Waals surface area contributed by atoms with Gasteiger partial charge in [-0.2, -0.15) is 0 Å². The molecule has 2 aromatic carbocycles. The van der Waals surface area contributed by atoms with Gasteiger partial charge in [-0.15, -0.1) is 0 Å². The average molecular weight is 407 g/mol. The van der Waals surface area contributed by atoms with E-state index in [-0.39, 0.29) is 11.5 Å². The van der Waals surface area contributed by atoms with E-state index < -0.39 is 11.8 Å². The lowest BCUT2D eigenvalue weighted by Gasteiger charge is -2.08. The Hall–Kier alpha value is -3.49. The van der Waals surface area contributed by atoms with Crippen molar-refractivity contribution in [3.63, 3.8) is 0 Å². The average Bonchev–Trinajstić information content (AvgIpc) is 3.25. The van der Waals surface area contributed by atoms with E-state index in [0.717, 1.165) is 17.7 Å². The fourth-order valence-corrected chi connectivity index (χ4v) is 2.64. The largest absolute Gasteiger partial charge is 0.375 e. The number of aromatic nitrogens is 1. The lowest BCUT2D eigenvalue weighted by Crippen LogP contribution is -2.21. The molecule has 1 heterocycles. The molecule has 8 heteroatoms. The summed E-state index contributed by atoms with van der Waals surface area (Å²) in [6.45, 7) is 2.61. The number of nitrogens with two attached hydrogens (primary N) is 1. The Morgan fingerprint density at radius 1 is 1.10 bits per heavy atom. The van der Waals surface area contributed by atoms with Crippen LogP contribution in [0.2, 0.25) is 0 Å². The fourth-order valence-electron chi connectivity index (χ4n) is 2.64. The van der Waals surface area contributed by atoms with Crippen molar-refractivity contribution in [1.82, 2.24) is 10.5 Å². The van der Waals surface area contributed by atoms with Gasteiger partial charge >= 0.3 is 0 Å². The molecule has 0 saturated heterocycles. The van der Waals surface area contributed by atoms with E-state index in [4.69, 9.17) is 15.0 Å². The molecule has 0 aliphatic rings. The first kappa shape index (κ1) is 21.2. The minimum absolute atomic E-state index is 0.0182. The normalized spacial score (nSPS) is 10.7. The van der Waals surface area contributed by atoms with Gasteiger partial charge in [-0.1, -0.05) is 47.6 Å². The summed E-state index contributed by atoms with van der Waals surface area (Å²) >= 11 is 0. The Labute approximate surface area is 174 Å². The summed E-state index contributed by atoms with van der Waals surface area (Å²) in [6.07, 6.45) is 2.01. The highest BCUT2D eigenvalue weighted by Gasteiger charge is 2.15. The monoisotopic (exact) mass is 407 g/mol. The molecule has 3 rings (SSSR count). The third-order valence-electron chi connectivity index (χ3n) is 4.15. The van der Waals surface area contributed by atoms with Crippen LogP contribution in [0.15, 0.2) is 65.2 Å².